The molecule has 0 aliphatic heterocycles. The molecule has 20 heavy (non-hydrogen) atoms. The molecule has 1 rings (SSSR count). The summed E-state index contributed by atoms with van der Waals surface area (Å²) >= 11 is 10.7. The number of hydrogen-bond donors (Lipinski definition) is 2. The molecule has 0 fully saturated rings. The fraction of sp³-hybridized carbons (Fsp3) is 0.273. The number of thiocarbonyl (C=S) groups is 1. The number of benzene rings is 1. The number of methoxy groups -OCH3 is 1. The topological polar surface area (TPSA) is 98.5 Å². The van der Waals surface area contributed by atoms with Crippen LogP contribution in [0, 0.1) is 0 Å². The molecule has 0 spiro atoms. The number of carbonyl (C=O) groups is 1. The minimum atomic E-state index is -3.76. The van der Waals surface area contributed by atoms with Gasteiger partial charge in [0.05, 0.1) is 23.4 Å². The van der Waals surface area contributed by atoms with E-state index >= 15 is 0 Å². The molecule has 0 radical (unpaired) electrons. The summed E-state index contributed by atoms with van der Waals surface area (Å²) in [5.41, 5.74) is 5.83. The van der Waals surface area contributed by atoms with Gasteiger partial charge < -0.3 is 10.5 Å². The van der Waals surface area contributed by atoms with Gasteiger partial charge in [-0.1, -0.05) is 23.8 Å². The summed E-state index contributed by atoms with van der Waals surface area (Å²) in [4.78, 5) is 10.9. The number of hydrogen-bond acceptors (Lipinski definition) is 5. The molecule has 0 unspecified atom stereocenters. The van der Waals surface area contributed by atoms with E-state index in [1.165, 1.54) is 25.3 Å². The molecule has 0 aliphatic carbocycles. The maximum absolute atomic E-state index is 11.9. The number of nitrogens with two attached hydrogens (primary N) is 1. The molecule has 1 aromatic carbocycles. The second-order valence-corrected chi connectivity index (χ2v) is 6.34. The highest BCUT2D eigenvalue weighted by Crippen LogP contribution is 2.20. The summed E-state index contributed by atoms with van der Waals surface area (Å²) in [7, 11) is -2.53. The number of carbonyl (C=O) groups excluding carboxylic acids is 1. The van der Waals surface area contributed by atoms with Crippen LogP contribution in [0.5, 0.6) is 0 Å². The molecular formula is C11H13ClN2O4S2. The number of sulfonamides is 1. The third-order valence-corrected chi connectivity index (χ3v) is 4.36. The second-order valence-electron chi connectivity index (χ2n) is 3.73. The van der Waals surface area contributed by atoms with E-state index < -0.39 is 16.0 Å². The van der Waals surface area contributed by atoms with Crippen molar-refractivity contribution < 1.29 is 17.9 Å². The largest absolute Gasteiger partial charge is 0.469 e. The third-order valence-electron chi connectivity index (χ3n) is 2.37. The van der Waals surface area contributed by atoms with Crippen LogP contribution >= 0.6 is 23.8 Å². The Kier molecular flexibility index (Phi) is 5.88. The lowest BCUT2D eigenvalue weighted by atomic mass is 10.2. The summed E-state index contributed by atoms with van der Waals surface area (Å²) in [6.45, 7) is -0.0658. The standard InChI is InChI=1S/C11H13ClN2O4S2/c1-18-10(15)4-5-14-20(16,17)7-2-3-8(11(13)19)9(12)6-7/h2-3,6,14H,4-5H2,1H3,(H2,13,19). The second kappa shape index (κ2) is 6.98. The van der Waals surface area contributed by atoms with Gasteiger partial charge in [0.25, 0.3) is 0 Å². The van der Waals surface area contributed by atoms with E-state index in [9.17, 15) is 13.2 Å². The van der Waals surface area contributed by atoms with Crippen molar-refractivity contribution >= 4 is 44.8 Å². The maximum Gasteiger partial charge on any atom is 0.306 e. The summed E-state index contributed by atoms with van der Waals surface area (Å²) < 4.78 is 30.6. The normalized spacial score (nSPS) is 11.1. The van der Waals surface area contributed by atoms with Crippen molar-refractivity contribution in [2.75, 3.05) is 13.7 Å². The quantitative estimate of drug-likeness (QED) is 0.589. The number of esters is 1. The van der Waals surface area contributed by atoms with Gasteiger partial charge >= 0.3 is 5.97 Å². The lowest BCUT2D eigenvalue weighted by Gasteiger charge is -2.08. The SMILES string of the molecule is COC(=O)CCNS(=O)(=O)c1ccc(C(N)=S)c(Cl)c1. The van der Waals surface area contributed by atoms with Crippen LogP contribution in [0.1, 0.15) is 12.0 Å². The zero-order valence-electron chi connectivity index (χ0n) is 10.6. The molecule has 6 nitrogen and oxygen atoms in total. The Morgan fingerprint density at radius 3 is 2.65 bits per heavy atom. The molecule has 0 aliphatic rings. The molecule has 0 atom stereocenters. The van der Waals surface area contributed by atoms with Crippen molar-refractivity contribution in [3.05, 3.63) is 28.8 Å². The van der Waals surface area contributed by atoms with E-state index in [-0.39, 0.29) is 27.9 Å². The minimum absolute atomic E-state index is 0.0348. The van der Waals surface area contributed by atoms with Crippen LogP contribution in [0.4, 0.5) is 0 Å². The Balaban J connectivity index is 2.85. The highest BCUT2D eigenvalue weighted by molar-refractivity contribution is 7.89. The van der Waals surface area contributed by atoms with Gasteiger partial charge in [-0.15, -0.1) is 0 Å². The zero-order valence-corrected chi connectivity index (χ0v) is 12.9. The van der Waals surface area contributed by atoms with Crippen molar-refractivity contribution in [3.63, 3.8) is 0 Å². The van der Waals surface area contributed by atoms with E-state index in [2.05, 4.69) is 9.46 Å². The van der Waals surface area contributed by atoms with E-state index in [1.807, 2.05) is 0 Å². The molecule has 0 aromatic heterocycles. The molecule has 9 heteroatoms. The third kappa shape index (κ3) is 4.41. The van der Waals surface area contributed by atoms with Gasteiger partial charge in [-0.3, -0.25) is 4.79 Å². The Labute approximate surface area is 127 Å². The van der Waals surface area contributed by atoms with Crippen LogP contribution in [0.25, 0.3) is 0 Å². The zero-order chi connectivity index (χ0) is 15.3. The van der Waals surface area contributed by atoms with Gasteiger partial charge in [-0.25, -0.2) is 13.1 Å². The Morgan fingerprint density at radius 2 is 2.15 bits per heavy atom. The molecular weight excluding hydrogens is 324 g/mol. The molecule has 0 bridgehead atoms. The molecule has 0 amide bonds. The number of ether oxygens (including phenoxy) is 1. The number of nitrogens with one attached hydrogen (secondary N) is 1. The fourth-order valence-corrected chi connectivity index (χ4v) is 2.97. The molecule has 110 valence electrons. The molecule has 0 saturated heterocycles. The predicted octanol–water partition coefficient (Wildman–Crippen LogP) is 0.816. The first-order valence-corrected chi connectivity index (χ1v) is 7.70. The smallest absolute Gasteiger partial charge is 0.306 e. The van der Waals surface area contributed by atoms with Crippen LogP contribution < -0.4 is 10.5 Å². The highest BCUT2D eigenvalue weighted by atomic mass is 35.5. The Bertz CT molecular complexity index is 631. The van der Waals surface area contributed by atoms with Gasteiger partial charge in [-0.05, 0) is 18.2 Å². The average molecular weight is 337 g/mol. The summed E-state index contributed by atoms with van der Waals surface area (Å²) in [5.74, 6) is -0.505. The van der Waals surface area contributed by atoms with E-state index in [0.29, 0.717) is 5.56 Å². The van der Waals surface area contributed by atoms with E-state index in [4.69, 9.17) is 29.6 Å². The summed E-state index contributed by atoms with van der Waals surface area (Å²) in [5, 5.41) is 0.147. The van der Waals surface area contributed by atoms with E-state index in [1.54, 1.807) is 0 Å². The molecule has 1 aromatic rings. The van der Waals surface area contributed by atoms with Crippen molar-refractivity contribution in [3.8, 4) is 0 Å². The average Bonchev–Trinajstić information content (AvgIpc) is 2.37. The van der Waals surface area contributed by atoms with Crippen LogP contribution in [-0.2, 0) is 19.6 Å². The highest BCUT2D eigenvalue weighted by Gasteiger charge is 2.16. The van der Waals surface area contributed by atoms with Gasteiger partial charge in [-0.2, -0.15) is 0 Å². The van der Waals surface area contributed by atoms with Crippen molar-refractivity contribution in [1.29, 1.82) is 0 Å². The van der Waals surface area contributed by atoms with Crippen LogP contribution in [0.15, 0.2) is 23.1 Å². The molecule has 3 N–H and O–H groups in total. The molecule has 0 saturated carbocycles. The predicted molar refractivity (Wildman–Crippen MR) is 79.2 cm³/mol. The Hall–Kier alpha value is -1.22. The van der Waals surface area contributed by atoms with E-state index in [0.717, 1.165) is 0 Å². The first-order valence-electron chi connectivity index (χ1n) is 5.44. The summed E-state index contributed by atoms with van der Waals surface area (Å²) in [6, 6.07) is 4.01. The number of rotatable bonds is 6. The summed E-state index contributed by atoms with van der Waals surface area (Å²) in [6.07, 6.45) is -0.0611. The first kappa shape index (κ1) is 16.8. The van der Waals surface area contributed by atoms with Gasteiger partial charge in [0.1, 0.15) is 4.99 Å². The van der Waals surface area contributed by atoms with Crippen LogP contribution in [-0.4, -0.2) is 33.0 Å². The lowest BCUT2D eigenvalue weighted by Crippen LogP contribution is -2.26. The lowest BCUT2D eigenvalue weighted by molar-refractivity contribution is -0.140. The Morgan fingerprint density at radius 1 is 1.50 bits per heavy atom. The van der Waals surface area contributed by atoms with Crippen molar-refractivity contribution in [1.82, 2.24) is 4.72 Å². The van der Waals surface area contributed by atoms with Gasteiger partial charge in [0, 0.05) is 12.1 Å². The van der Waals surface area contributed by atoms with Crippen molar-refractivity contribution in [2.45, 2.75) is 11.3 Å². The van der Waals surface area contributed by atoms with Gasteiger partial charge in [0.15, 0.2) is 0 Å². The van der Waals surface area contributed by atoms with Crippen LogP contribution in [0.3, 0.4) is 0 Å². The van der Waals surface area contributed by atoms with Crippen molar-refractivity contribution in [2.24, 2.45) is 5.73 Å². The fourth-order valence-electron chi connectivity index (χ4n) is 1.34. The molecule has 0 heterocycles. The number of halogens is 1. The first-order chi connectivity index (χ1) is 9.27. The monoisotopic (exact) mass is 336 g/mol. The minimum Gasteiger partial charge on any atom is -0.469 e. The van der Waals surface area contributed by atoms with Crippen LogP contribution in [0.2, 0.25) is 5.02 Å². The van der Waals surface area contributed by atoms with Gasteiger partial charge in [0.2, 0.25) is 10.0 Å². The maximum atomic E-state index is 11.9.